The number of halogens is 1. The van der Waals surface area contributed by atoms with Gasteiger partial charge in [0.25, 0.3) is 10.0 Å². The summed E-state index contributed by atoms with van der Waals surface area (Å²) < 4.78 is 38.8. The molecule has 0 saturated carbocycles. The first kappa shape index (κ1) is 15.5. The van der Waals surface area contributed by atoms with Crippen LogP contribution in [0.3, 0.4) is 0 Å². The van der Waals surface area contributed by atoms with Gasteiger partial charge in [-0.25, -0.2) is 22.5 Å². The number of aromatic nitrogens is 1. The molecule has 0 fully saturated rings. The second-order valence-electron chi connectivity index (χ2n) is 3.79. The van der Waals surface area contributed by atoms with Crippen molar-refractivity contribution in [2.45, 2.75) is 24.8 Å². The van der Waals surface area contributed by atoms with Crippen LogP contribution in [0.25, 0.3) is 0 Å². The zero-order valence-corrected chi connectivity index (χ0v) is 11.3. The molecule has 0 aliphatic carbocycles. The third kappa shape index (κ3) is 4.92. The van der Waals surface area contributed by atoms with E-state index in [1.54, 1.807) is 0 Å². The van der Waals surface area contributed by atoms with Crippen molar-refractivity contribution in [2.75, 3.05) is 13.1 Å². The molecule has 0 unspecified atom stereocenters. The number of amides is 1. The molecule has 1 aromatic rings. The van der Waals surface area contributed by atoms with Crippen molar-refractivity contribution in [2.24, 2.45) is 0 Å². The zero-order chi connectivity index (χ0) is 14.3. The Kier molecular flexibility index (Phi) is 5.84. The fraction of sp³-hybridized carbons (Fsp3) is 0.455. The van der Waals surface area contributed by atoms with Gasteiger partial charge in [-0.1, -0.05) is 6.92 Å². The maximum atomic E-state index is 13.3. The van der Waals surface area contributed by atoms with Gasteiger partial charge in [0, 0.05) is 25.7 Å². The van der Waals surface area contributed by atoms with Crippen molar-refractivity contribution in [3.8, 4) is 0 Å². The number of carbonyl (C=O) groups excluding carboxylic acids is 1. The predicted molar refractivity (Wildman–Crippen MR) is 67.3 cm³/mol. The molecule has 0 spiro atoms. The Morgan fingerprint density at radius 1 is 1.42 bits per heavy atom. The third-order valence-corrected chi connectivity index (χ3v) is 3.59. The Morgan fingerprint density at radius 2 is 2.16 bits per heavy atom. The van der Waals surface area contributed by atoms with E-state index in [9.17, 15) is 17.6 Å². The molecule has 0 saturated heterocycles. The van der Waals surface area contributed by atoms with Gasteiger partial charge in [-0.05, 0) is 18.6 Å². The molecule has 6 nitrogen and oxygen atoms in total. The molecule has 2 N–H and O–H groups in total. The lowest BCUT2D eigenvalue weighted by molar-refractivity contribution is -0.120. The number of hydrogen-bond acceptors (Lipinski definition) is 4. The Bertz CT molecular complexity index is 534. The first-order chi connectivity index (χ1) is 8.97. The lowest BCUT2D eigenvalue weighted by atomic mass is 10.4. The molecule has 0 bridgehead atoms. The van der Waals surface area contributed by atoms with E-state index in [1.165, 1.54) is 12.3 Å². The Morgan fingerprint density at radius 3 is 2.79 bits per heavy atom. The smallest absolute Gasteiger partial charge is 0.261 e. The van der Waals surface area contributed by atoms with Gasteiger partial charge in [0.1, 0.15) is 0 Å². The number of pyridine rings is 1. The van der Waals surface area contributed by atoms with Crippen LogP contribution in [-0.4, -0.2) is 32.4 Å². The van der Waals surface area contributed by atoms with Gasteiger partial charge in [-0.2, -0.15) is 0 Å². The van der Waals surface area contributed by atoms with Gasteiger partial charge < -0.3 is 5.32 Å². The number of nitrogens with zero attached hydrogens (tertiary/aromatic N) is 1. The fourth-order valence-corrected chi connectivity index (χ4v) is 2.32. The molecule has 1 aromatic heterocycles. The summed E-state index contributed by atoms with van der Waals surface area (Å²) in [5.41, 5.74) is 0. The first-order valence-corrected chi connectivity index (χ1v) is 7.32. The maximum Gasteiger partial charge on any atom is 0.261 e. The second-order valence-corrected chi connectivity index (χ2v) is 5.47. The van der Waals surface area contributed by atoms with Gasteiger partial charge in [0.2, 0.25) is 10.9 Å². The van der Waals surface area contributed by atoms with Crippen LogP contribution in [0.4, 0.5) is 4.39 Å². The zero-order valence-electron chi connectivity index (χ0n) is 10.5. The van der Waals surface area contributed by atoms with Crippen LogP contribution in [0.15, 0.2) is 23.4 Å². The molecular weight excluding hydrogens is 273 g/mol. The lowest BCUT2D eigenvalue weighted by Crippen LogP contribution is -2.31. The van der Waals surface area contributed by atoms with Gasteiger partial charge in [0.15, 0.2) is 5.82 Å². The summed E-state index contributed by atoms with van der Waals surface area (Å²) in [7, 11) is -4.02. The quantitative estimate of drug-likeness (QED) is 0.761. The molecule has 1 heterocycles. The second kappa shape index (κ2) is 7.15. The largest absolute Gasteiger partial charge is 0.356 e. The van der Waals surface area contributed by atoms with Crippen molar-refractivity contribution >= 4 is 15.9 Å². The van der Waals surface area contributed by atoms with Crippen molar-refractivity contribution in [1.82, 2.24) is 15.0 Å². The van der Waals surface area contributed by atoms with Crippen LogP contribution < -0.4 is 10.0 Å². The van der Waals surface area contributed by atoms with Gasteiger partial charge in [-0.3, -0.25) is 4.79 Å². The van der Waals surface area contributed by atoms with Crippen LogP contribution in [0.1, 0.15) is 19.8 Å². The van der Waals surface area contributed by atoms with Crippen LogP contribution >= 0.6 is 0 Å². The van der Waals surface area contributed by atoms with Gasteiger partial charge in [-0.15, -0.1) is 0 Å². The van der Waals surface area contributed by atoms with Crippen LogP contribution in [0, 0.1) is 5.82 Å². The number of hydrogen-bond donors (Lipinski definition) is 2. The van der Waals surface area contributed by atoms with Gasteiger partial charge in [0.05, 0.1) is 0 Å². The average Bonchev–Trinajstić information content (AvgIpc) is 2.36. The molecule has 0 radical (unpaired) electrons. The third-order valence-electron chi connectivity index (χ3n) is 2.20. The molecular formula is C11H16FN3O3S. The fourth-order valence-electron chi connectivity index (χ4n) is 1.29. The number of sulfonamides is 1. The standard InChI is InChI=1S/C11H16FN3O3S/c1-2-6-13-10(16)5-8-15-19(17,18)11-9(12)4-3-7-14-11/h3-4,7,15H,2,5-6,8H2,1H3,(H,13,16). The van der Waals surface area contributed by atoms with E-state index in [0.717, 1.165) is 12.5 Å². The topological polar surface area (TPSA) is 88.2 Å². The highest BCUT2D eigenvalue weighted by atomic mass is 32.2. The average molecular weight is 289 g/mol. The molecule has 0 atom stereocenters. The van der Waals surface area contributed by atoms with Crippen molar-refractivity contribution in [1.29, 1.82) is 0 Å². The Balaban J connectivity index is 2.53. The highest BCUT2D eigenvalue weighted by Gasteiger charge is 2.19. The maximum absolute atomic E-state index is 13.3. The molecule has 1 rings (SSSR count). The van der Waals surface area contributed by atoms with Crippen molar-refractivity contribution in [3.63, 3.8) is 0 Å². The Labute approximate surface area is 111 Å². The van der Waals surface area contributed by atoms with E-state index in [0.29, 0.717) is 6.54 Å². The van der Waals surface area contributed by atoms with E-state index in [2.05, 4.69) is 15.0 Å². The van der Waals surface area contributed by atoms with Crippen molar-refractivity contribution < 1.29 is 17.6 Å². The number of nitrogens with one attached hydrogen (secondary N) is 2. The first-order valence-electron chi connectivity index (χ1n) is 5.84. The summed E-state index contributed by atoms with van der Waals surface area (Å²) in [6.07, 6.45) is 1.98. The summed E-state index contributed by atoms with van der Waals surface area (Å²) in [5, 5.41) is 1.94. The molecule has 0 aliphatic rings. The van der Waals surface area contributed by atoms with E-state index in [-0.39, 0.29) is 18.9 Å². The van der Waals surface area contributed by atoms with Crippen molar-refractivity contribution in [3.05, 3.63) is 24.1 Å². The van der Waals surface area contributed by atoms with E-state index < -0.39 is 20.9 Å². The molecule has 1 amide bonds. The van der Waals surface area contributed by atoms with E-state index in [4.69, 9.17) is 0 Å². The highest BCUT2D eigenvalue weighted by Crippen LogP contribution is 2.09. The summed E-state index contributed by atoms with van der Waals surface area (Å²) >= 11 is 0. The normalized spacial score (nSPS) is 11.3. The summed E-state index contributed by atoms with van der Waals surface area (Å²) in [6.45, 7) is 2.35. The van der Waals surface area contributed by atoms with Crippen LogP contribution in [0.5, 0.6) is 0 Å². The molecule has 0 aromatic carbocycles. The Hall–Kier alpha value is -1.54. The lowest BCUT2D eigenvalue weighted by Gasteiger charge is -2.07. The van der Waals surface area contributed by atoms with Crippen LogP contribution in [0.2, 0.25) is 0 Å². The molecule has 0 aliphatic heterocycles. The highest BCUT2D eigenvalue weighted by molar-refractivity contribution is 7.89. The monoisotopic (exact) mass is 289 g/mol. The number of rotatable bonds is 7. The van der Waals surface area contributed by atoms with Crippen LogP contribution in [-0.2, 0) is 14.8 Å². The van der Waals surface area contributed by atoms with Gasteiger partial charge >= 0.3 is 0 Å². The molecule has 8 heteroatoms. The minimum Gasteiger partial charge on any atom is -0.356 e. The van der Waals surface area contributed by atoms with E-state index in [1.807, 2.05) is 6.92 Å². The predicted octanol–water partition coefficient (Wildman–Crippen LogP) is 0.415. The SMILES string of the molecule is CCCNC(=O)CCNS(=O)(=O)c1ncccc1F. The van der Waals surface area contributed by atoms with E-state index >= 15 is 0 Å². The number of carbonyl (C=O) groups is 1. The minimum absolute atomic E-state index is 0.00627. The minimum atomic E-state index is -4.02. The molecule has 106 valence electrons. The summed E-state index contributed by atoms with van der Waals surface area (Å²) in [5.74, 6) is -1.18. The molecule has 19 heavy (non-hydrogen) atoms. The summed E-state index contributed by atoms with van der Waals surface area (Å²) in [4.78, 5) is 14.7. The summed E-state index contributed by atoms with van der Waals surface area (Å²) in [6, 6.07) is 2.31.